The van der Waals surface area contributed by atoms with Gasteiger partial charge in [-0.05, 0) is 42.8 Å². The van der Waals surface area contributed by atoms with E-state index in [1.807, 2.05) is 0 Å². The number of nitrogens with one attached hydrogen (secondary N) is 1. The number of nitrogen functional groups attached to an aromatic ring is 1. The molecule has 0 radical (unpaired) electrons. The number of amides is 1. The van der Waals surface area contributed by atoms with E-state index in [-0.39, 0.29) is 11.6 Å². The van der Waals surface area contributed by atoms with Gasteiger partial charge in [0.2, 0.25) is 0 Å². The van der Waals surface area contributed by atoms with Gasteiger partial charge in [0.05, 0.1) is 11.6 Å². The number of nitrogens with two attached hydrogens (primary N) is 1. The molecule has 0 bridgehead atoms. The molecule has 1 atom stereocenters. The van der Waals surface area contributed by atoms with Gasteiger partial charge in [-0.2, -0.15) is 0 Å². The Hall–Kier alpha value is -2.43. The SMILES string of the molecule is CC(NC(=O)c1cc(F)ccc1F)c1cccc(N)c1. The Kier molecular flexibility index (Phi) is 3.98. The summed E-state index contributed by atoms with van der Waals surface area (Å²) in [5.41, 5.74) is 6.70. The van der Waals surface area contributed by atoms with Gasteiger partial charge in [-0.25, -0.2) is 8.78 Å². The molecular formula is C15H14F2N2O. The molecule has 0 saturated carbocycles. The zero-order valence-corrected chi connectivity index (χ0v) is 10.9. The van der Waals surface area contributed by atoms with Crippen molar-refractivity contribution in [2.24, 2.45) is 0 Å². The van der Waals surface area contributed by atoms with E-state index in [0.29, 0.717) is 5.69 Å². The average Bonchev–Trinajstić information content (AvgIpc) is 2.41. The molecule has 0 aliphatic rings. The van der Waals surface area contributed by atoms with Crippen molar-refractivity contribution < 1.29 is 13.6 Å². The van der Waals surface area contributed by atoms with E-state index < -0.39 is 17.5 Å². The highest BCUT2D eigenvalue weighted by Gasteiger charge is 2.16. The summed E-state index contributed by atoms with van der Waals surface area (Å²) in [4.78, 5) is 11.9. The maximum Gasteiger partial charge on any atom is 0.254 e. The predicted molar refractivity (Wildman–Crippen MR) is 73.1 cm³/mol. The van der Waals surface area contributed by atoms with Crippen LogP contribution in [0.2, 0.25) is 0 Å². The van der Waals surface area contributed by atoms with Crippen molar-refractivity contribution in [1.82, 2.24) is 5.32 Å². The fourth-order valence-electron chi connectivity index (χ4n) is 1.86. The Morgan fingerprint density at radius 3 is 2.65 bits per heavy atom. The summed E-state index contributed by atoms with van der Waals surface area (Å²) in [5.74, 6) is -2.09. The molecule has 0 saturated heterocycles. The highest BCUT2D eigenvalue weighted by atomic mass is 19.1. The van der Waals surface area contributed by atoms with Gasteiger partial charge < -0.3 is 11.1 Å². The smallest absolute Gasteiger partial charge is 0.254 e. The van der Waals surface area contributed by atoms with E-state index in [1.54, 1.807) is 31.2 Å². The number of carbonyl (C=O) groups excluding carboxylic acids is 1. The van der Waals surface area contributed by atoms with Crippen molar-refractivity contribution in [3.63, 3.8) is 0 Å². The lowest BCUT2D eigenvalue weighted by Crippen LogP contribution is -2.27. The summed E-state index contributed by atoms with van der Waals surface area (Å²) in [7, 11) is 0. The molecule has 3 nitrogen and oxygen atoms in total. The van der Waals surface area contributed by atoms with Crippen molar-refractivity contribution in [2.75, 3.05) is 5.73 Å². The molecule has 2 aromatic carbocycles. The van der Waals surface area contributed by atoms with Crippen LogP contribution < -0.4 is 11.1 Å². The molecule has 2 aromatic rings. The first kappa shape index (κ1) is 14.0. The number of anilines is 1. The van der Waals surface area contributed by atoms with Crippen LogP contribution in [0.15, 0.2) is 42.5 Å². The van der Waals surface area contributed by atoms with Crippen LogP contribution >= 0.6 is 0 Å². The molecule has 0 aromatic heterocycles. The number of hydrogen-bond donors (Lipinski definition) is 2. The van der Waals surface area contributed by atoms with Crippen molar-refractivity contribution in [3.05, 3.63) is 65.2 Å². The summed E-state index contributed by atoms with van der Waals surface area (Å²) in [6.07, 6.45) is 0. The third kappa shape index (κ3) is 3.12. The first-order valence-electron chi connectivity index (χ1n) is 6.08. The highest BCUT2D eigenvalue weighted by Crippen LogP contribution is 2.17. The van der Waals surface area contributed by atoms with Crippen LogP contribution in [0.25, 0.3) is 0 Å². The van der Waals surface area contributed by atoms with E-state index in [1.165, 1.54) is 0 Å². The summed E-state index contributed by atoms with van der Waals surface area (Å²) < 4.78 is 26.5. The molecular weight excluding hydrogens is 262 g/mol. The quantitative estimate of drug-likeness (QED) is 0.847. The van der Waals surface area contributed by atoms with Crippen LogP contribution in [-0.2, 0) is 0 Å². The van der Waals surface area contributed by atoms with E-state index in [0.717, 1.165) is 23.8 Å². The van der Waals surface area contributed by atoms with Crippen molar-refractivity contribution in [2.45, 2.75) is 13.0 Å². The summed E-state index contributed by atoms with van der Waals surface area (Å²) in [5, 5.41) is 2.61. The Balaban J connectivity index is 2.17. The minimum absolute atomic E-state index is 0.319. The largest absolute Gasteiger partial charge is 0.399 e. The second-order valence-corrected chi connectivity index (χ2v) is 4.49. The molecule has 2 rings (SSSR count). The molecule has 0 spiro atoms. The Bertz CT molecular complexity index is 644. The molecule has 5 heteroatoms. The molecule has 0 aliphatic heterocycles. The zero-order valence-electron chi connectivity index (χ0n) is 10.9. The van der Waals surface area contributed by atoms with Crippen LogP contribution in [0.5, 0.6) is 0 Å². The minimum atomic E-state index is -0.760. The fraction of sp³-hybridized carbons (Fsp3) is 0.133. The Morgan fingerprint density at radius 2 is 1.95 bits per heavy atom. The molecule has 104 valence electrons. The summed E-state index contributed by atoms with van der Waals surface area (Å²) in [6, 6.07) is 9.39. The van der Waals surface area contributed by atoms with Crippen molar-refractivity contribution in [3.8, 4) is 0 Å². The van der Waals surface area contributed by atoms with Gasteiger partial charge >= 0.3 is 0 Å². The van der Waals surface area contributed by atoms with Gasteiger partial charge in [0.15, 0.2) is 0 Å². The third-order valence-corrected chi connectivity index (χ3v) is 2.93. The number of halogens is 2. The van der Waals surface area contributed by atoms with E-state index >= 15 is 0 Å². The van der Waals surface area contributed by atoms with Crippen LogP contribution in [0.4, 0.5) is 14.5 Å². The Morgan fingerprint density at radius 1 is 1.20 bits per heavy atom. The maximum absolute atomic E-state index is 13.5. The lowest BCUT2D eigenvalue weighted by molar-refractivity contribution is 0.0935. The molecule has 0 heterocycles. The first-order chi connectivity index (χ1) is 9.47. The maximum atomic E-state index is 13.5. The van der Waals surface area contributed by atoms with Gasteiger partial charge in [-0.3, -0.25) is 4.79 Å². The van der Waals surface area contributed by atoms with Gasteiger partial charge in [0, 0.05) is 5.69 Å². The van der Waals surface area contributed by atoms with Crippen molar-refractivity contribution in [1.29, 1.82) is 0 Å². The molecule has 1 amide bonds. The van der Waals surface area contributed by atoms with E-state index in [4.69, 9.17) is 5.73 Å². The lowest BCUT2D eigenvalue weighted by Gasteiger charge is -2.15. The second kappa shape index (κ2) is 5.69. The van der Waals surface area contributed by atoms with E-state index in [9.17, 15) is 13.6 Å². The summed E-state index contributed by atoms with van der Waals surface area (Å²) >= 11 is 0. The second-order valence-electron chi connectivity index (χ2n) is 4.49. The molecule has 20 heavy (non-hydrogen) atoms. The molecule has 3 N–H and O–H groups in total. The van der Waals surface area contributed by atoms with Crippen LogP contribution in [0.1, 0.15) is 28.9 Å². The fourth-order valence-corrected chi connectivity index (χ4v) is 1.86. The molecule has 1 unspecified atom stereocenters. The number of benzene rings is 2. The van der Waals surface area contributed by atoms with Gasteiger partial charge in [-0.1, -0.05) is 12.1 Å². The zero-order chi connectivity index (χ0) is 14.7. The standard InChI is InChI=1S/C15H14F2N2O/c1-9(10-3-2-4-12(18)7-10)19-15(20)13-8-11(16)5-6-14(13)17/h2-9H,18H2,1H3,(H,19,20). The topological polar surface area (TPSA) is 55.1 Å². The normalized spacial score (nSPS) is 11.9. The monoisotopic (exact) mass is 276 g/mol. The molecule has 0 aliphatic carbocycles. The predicted octanol–water partition coefficient (Wildman–Crippen LogP) is 3.04. The van der Waals surface area contributed by atoms with Gasteiger partial charge in [0.25, 0.3) is 5.91 Å². The van der Waals surface area contributed by atoms with Crippen molar-refractivity contribution >= 4 is 11.6 Å². The number of rotatable bonds is 3. The molecule has 0 fully saturated rings. The number of hydrogen-bond acceptors (Lipinski definition) is 2. The van der Waals surface area contributed by atoms with Crippen LogP contribution in [-0.4, -0.2) is 5.91 Å². The minimum Gasteiger partial charge on any atom is -0.399 e. The number of carbonyl (C=O) groups is 1. The van der Waals surface area contributed by atoms with E-state index in [2.05, 4.69) is 5.32 Å². The highest BCUT2D eigenvalue weighted by molar-refractivity contribution is 5.94. The van der Waals surface area contributed by atoms with Gasteiger partial charge in [-0.15, -0.1) is 0 Å². The van der Waals surface area contributed by atoms with Gasteiger partial charge in [0.1, 0.15) is 11.6 Å². The third-order valence-electron chi connectivity index (χ3n) is 2.93. The lowest BCUT2D eigenvalue weighted by atomic mass is 10.1. The van der Waals surface area contributed by atoms with Crippen LogP contribution in [0, 0.1) is 11.6 Å². The van der Waals surface area contributed by atoms with Crippen LogP contribution in [0.3, 0.4) is 0 Å². The first-order valence-corrected chi connectivity index (χ1v) is 6.08. The average molecular weight is 276 g/mol. The summed E-state index contributed by atoms with van der Waals surface area (Å²) in [6.45, 7) is 1.74. The Labute approximate surface area is 115 Å².